The molecule has 1 aromatic rings. The summed E-state index contributed by atoms with van der Waals surface area (Å²) < 4.78 is 0. The van der Waals surface area contributed by atoms with Crippen LogP contribution in [0.2, 0.25) is 0 Å². The van der Waals surface area contributed by atoms with Crippen LogP contribution in [0.4, 0.5) is 0 Å². The van der Waals surface area contributed by atoms with Crippen molar-refractivity contribution >= 4 is 23.7 Å². The number of hydrogen-bond donors (Lipinski definition) is 6. The maximum absolute atomic E-state index is 12.2. The summed E-state index contributed by atoms with van der Waals surface area (Å²) in [7, 11) is 0. The van der Waals surface area contributed by atoms with Crippen LogP contribution in [0.5, 0.6) is 5.75 Å². The number of hydrogen-bond acceptors (Lipinski definition) is 6. The van der Waals surface area contributed by atoms with Gasteiger partial charge in [0.1, 0.15) is 18.3 Å². The molecular weight excluding hydrogens is 332 g/mol. The van der Waals surface area contributed by atoms with Crippen molar-refractivity contribution in [3.05, 3.63) is 29.8 Å². The predicted molar refractivity (Wildman–Crippen MR) is 86.5 cm³/mol. The maximum Gasteiger partial charge on any atom is 0.322 e. The zero-order valence-corrected chi connectivity index (χ0v) is 13.3. The van der Waals surface area contributed by atoms with E-state index in [1.807, 2.05) is 0 Å². The third-order valence-electron chi connectivity index (χ3n) is 3.07. The van der Waals surface area contributed by atoms with Gasteiger partial charge < -0.3 is 31.9 Å². The Kier molecular flexibility index (Phi) is 7.87. The standard InChI is InChI=1S/C15H20N4O6/c16-6-12(21)19-11(5-9-1-3-10(20)4-2-9)15(25)18-7-13(22)17-8-14(23)24/h1-4,11,20H,5-8,16H2,(H,17,22)(H,18,25)(H,19,21)(H,23,24). The number of carbonyl (C=O) groups excluding carboxylic acids is 3. The number of carbonyl (C=O) groups is 4. The molecule has 0 aliphatic heterocycles. The number of nitrogens with two attached hydrogens (primary N) is 1. The smallest absolute Gasteiger partial charge is 0.322 e. The summed E-state index contributed by atoms with van der Waals surface area (Å²) in [5.74, 6) is -3.00. The first kappa shape index (κ1) is 19.9. The highest BCUT2D eigenvalue weighted by Gasteiger charge is 2.21. The van der Waals surface area contributed by atoms with Crippen LogP contribution in [0.15, 0.2) is 24.3 Å². The molecular formula is C15H20N4O6. The molecule has 10 heteroatoms. The first-order valence-electron chi connectivity index (χ1n) is 7.35. The molecule has 0 aliphatic rings. The number of phenols is 1. The van der Waals surface area contributed by atoms with Gasteiger partial charge in [0.05, 0.1) is 13.1 Å². The summed E-state index contributed by atoms with van der Waals surface area (Å²) in [5, 5.41) is 24.6. The zero-order valence-electron chi connectivity index (χ0n) is 13.3. The van der Waals surface area contributed by atoms with E-state index < -0.39 is 42.8 Å². The van der Waals surface area contributed by atoms with E-state index in [2.05, 4.69) is 16.0 Å². The van der Waals surface area contributed by atoms with Gasteiger partial charge in [-0.2, -0.15) is 0 Å². The second kappa shape index (κ2) is 9.88. The van der Waals surface area contributed by atoms with Crippen LogP contribution < -0.4 is 21.7 Å². The normalized spacial score (nSPS) is 11.2. The summed E-state index contributed by atoms with van der Waals surface area (Å²) in [4.78, 5) is 45.5. The Hall–Kier alpha value is -3.14. The summed E-state index contributed by atoms with van der Waals surface area (Å²) in [6.45, 7) is -1.30. The lowest BCUT2D eigenvalue weighted by molar-refractivity contribution is -0.138. The van der Waals surface area contributed by atoms with Gasteiger partial charge in [-0.25, -0.2) is 0 Å². The van der Waals surface area contributed by atoms with Gasteiger partial charge in [-0.15, -0.1) is 0 Å². The van der Waals surface area contributed by atoms with E-state index in [-0.39, 0.29) is 18.7 Å². The van der Waals surface area contributed by atoms with Gasteiger partial charge in [-0.05, 0) is 17.7 Å². The fraction of sp³-hybridized carbons (Fsp3) is 0.333. The maximum atomic E-state index is 12.2. The number of aromatic hydroxyl groups is 1. The van der Waals surface area contributed by atoms with Crippen LogP contribution in [0.3, 0.4) is 0 Å². The Morgan fingerprint density at radius 2 is 1.64 bits per heavy atom. The van der Waals surface area contributed by atoms with Crippen LogP contribution in [-0.2, 0) is 25.6 Å². The number of amides is 3. The number of rotatable bonds is 9. The number of benzene rings is 1. The second-order valence-electron chi connectivity index (χ2n) is 5.08. The largest absolute Gasteiger partial charge is 0.508 e. The SMILES string of the molecule is NCC(=O)NC(Cc1ccc(O)cc1)C(=O)NCC(=O)NCC(=O)O. The number of carboxylic acid groups (broad SMARTS) is 1. The number of nitrogens with one attached hydrogen (secondary N) is 3. The van der Waals surface area contributed by atoms with E-state index in [1.54, 1.807) is 12.1 Å². The van der Waals surface area contributed by atoms with Crippen LogP contribution >= 0.6 is 0 Å². The first-order valence-corrected chi connectivity index (χ1v) is 7.35. The van der Waals surface area contributed by atoms with Gasteiger partial charge in [0, 0.05) is 6.42 Å². The van der Waals surface area contributed by atoms with Crippen molar-refractivity contribution in [2.24, 2.45) is 5.73 Å². The average molecular weight is 352 g/mol. The minimum Gasteiger partial charge on any atom is -0.508 e. The van der Waals surface area contributed by atoms with Gasteiger partial charge >= 0.3 is 5.97 Å². The minimum atomic E-state index is -1.21. The third kappa shape index (κ3) is 7.79. The molecule has 136 valence electrons. The molecule has 0 saturated carbocycles. The molecule has 1 atom stereocenters. The molecule has 10 nitrogen and oxygen atoms in total. The molecule has 25 heavy (non-hydrogen) atoms. The van der Waals surface area contributed by atoms with E-state index >= 15 is 0 Å². The molecule has 0 aliphatic carbocycles. The van der Waals surface area contributed by atoms with Gasteiger partial charge in [-0.3, -0.25) is 19.2 Å². The Balaban J connectivity index is 2.65. The number of carboxylic acids is 1. The minimum absolute atomic E-state index is 0.0610. The van der Waals surface area contributed by atoms with Crippen molar-refractivity contribution < 1.29 is 29.4 Å². The van der Waals surface area contributed by atoms with Crippen molar-refractivity contribution in [2.45, 2.75) is 12.5 Å². The quantitative estimate of drug-likeness (QED) is 0.290. The molecule has 0 heterocycles. The average Bonchev–Trinajstić information content (AvgIpc) is 2.58. The van der Waals surface area contributed by atoms with Gasteiger partial charge in [-0.1, -0.05) is 12.1 Å². The second-order valence-corrected chi connectivity index (χ2v) is 5.08. The third-order valence-corrected chi connectivity index (χ3v) is 3.07. The van der Waals surface area contributed by atoms with Crippen LogP contribution in [0.25, 0.3) is 0 Å². The summed E-state index contributed by atoms with van der Waals surface area (Å²) in [6, 6.07) is 5.07. The van der Waals surface area contributed by atoms with E-state index in [1.165, 1.54) is 12.1 Å². The topological polar surface area (TPSA) is 171 Å². The predicted octanol–water partition coefficient (Wildman–Crippen LogP) is -2.30. The van der Waals surface area contributed by atoms with Crippen molar-refractivity contribution in [3.63, 3.8) is 0 Å². The van der Waals surface area contributed by atoms with E-state index in [4.69, 9.17) is 10.8 Å². The Morgan fingerprint density at radius 3 is 2.20 bits per heavy atom. The van der Waals surface area contributed by atoms with E-state index in [9.17, 15) is 24.3 Å². The lowest BCUT2D eigenvalue weighted by atomic mass is 10.0. The van der Waals surface area contributed by atoms with Crippen molar-refractivity contribution in [2.75, 3.05) is 19.6 Å². The molecule has 0 saturated heterocycles. The molecule has 3 amide bonds. The van der Waals surface area contributed by atoms with Crippen LogP contribution in [0, 0.1) is 0 Å². The lowest BCUT2D eigenvalue weighted by Crippen LogP contribution is -2.51. The summed E-state index contributed by atoms with van der Waals surface area (Å²) >= 11 is 0. The number of aliphatic carboxylic acids is 1. The van der Waals surface area contributed by atoms with Crippen molar-refractivity contribution in [1.29, 1.82) is 0 Å². The molecule has 1 aromatic carbocycles. The fourth-order valence-electron chi connectivity index (χ4n) is 1.86. The first-order chi connectivity index (χ1) is 11.8. The van der Waals surface area contributed by atoms with Gasteiger partial charge in [0.2, 0.25) is 17.7 Å². The zero-order chi connectivity index (χ0) is 18.8. The van der Waals surface area contributed by atoms with E-state index in [0.717, 1.165) is 0 Å². The molecule has 1 unspecified atom stereocenters. The highest BCUT2D eigenvalue weighted by molar-refractivity contribution is 5.91. The highest BCUT2D eigenvalue weighted by Crippen LogP contribution is 2.11. The molecule has 0 radical (unpaired) electrons. The Morgan fingerprint density at radius 1 is 1.00 bits per heavy atom. The van der Waals surface area contributed by atoms with Crippen molar-refractivity contribution in [3.8, 4) is 5.75 Å². The van der Waals surface area contributed by atoms with Crippen LogP contribution in [-0.4, -0.2) is 59.6 Å². The molecule has 0 aromatic heterocycles. The van der Waals surface area contributed by atoms with Crippen molar-refractivity contribution in [1.82, 2.24) is 16.0 Å². The number of phenolic OH excluding ortho intramolecular Hbond substituents is 1. The molecule has 0 spiro atoms. The van der Waals surface area contributed by atoms with Crippen LogP contribution in [0.1, 0.15) is 5.56 Å². The molecule has 0 fully saturated rings. The Labute approximate surface area is 143 Å². The molecule has 7 N–H and O–H groups in total. The van der Waals surface area contributed by atoms with Gasteiger partial charge in [0.25, 0.3) is 0 Å². The summed E-state index contributed by atoms with van der Waals surface area (Å²) in [5.41, 5.74) is 5.90. The molecule has 1 rings (SSSR count). The Bertz CT molecular complexity index is 631. The molecule has 0 bridgehead atoms. The lowest BCUT2D eigenvalue weighted by Gasteiger charge is -2.18. The highest BCUT2D eigenvalue weighted by atomic mass is 16.4. The fourth-order valence-corrected chi connectivity index (χ4v) is 1.86. The van der Waals surface area contributed by atoms with Gasteiger partial charge in [0.15, 0.2) is 0 Å². The monoisotopic (exact) mass is 352 g/mol. The summed E-state index contributed by atoms with van der Waals surface area (Å²) in [6.07, 6.45) is 0.120. The van der Waals surface area contributed by atoms with E-state index in [0.29, 0.717) is 5.56 Å².